The Hall–Kier alpha value is -2.91. The van der Waals surface area contributed by atoms with Gasteiger partial charge in [0.1, 0.15) is 0 Å². The third-order valence-electron chi connectivity index (χ3n) is 5.69. The fourth-order valence-electron chi connectivity index (χ4n) is 4.00. The second-order valence-corrected chi connectivity index (χ2v) is 9.96. The van der Waals surface area contributed by atoms with Gasteiger partial charge >= 0.3 is 0 Å². The zero-order chi connectivity index (χ0) is 23.8. The number of hydrazone groups is 1. The predicted molar refractivity (Wildman–Crippen MR) is 127 cm³/mol. The number of carbonyl (C=O) groups is 1. The molecular formula is C24H31N3O5S. The van der Waals surface area contributed by atoms with Crippen molar-refractivity contribution in [3.05, 3.63) is 53.6 Å². The van der Waals surface area contributed by atoms with Crippen molar-refractivity contribution >= 4 is 22.1 Å². The van der Waals surface area contributed by atoms with Gasteiger partial charge in [-0.1, -0.05) is 49.1 Å². The molecule has 0 bridgehead atoms. The highest BCUT2D eigenvalue weighted by Gasteiger charge is 2.34. The number of rotatable bonds is 9. The van der Waals surface area contributed by atoms with E-state index in [1.54, 1.807) is 12.3 Å². The van der Waals surface area contributed by atoms with Gasteiger partial charge in [-0.3, -0.25) is 4.79 Å². The van der Waals surface area contributed by atoms with Crippen LogP contribution in [-0.4, -0.2) is 51.7 Å². The number of carbonyl (C=O) groups excluding carboxylic acids is 1. The van der Waals surface area contributed by atoms with Gasteiger partial charge in [0.05, 0.1) is 31.9 Å². The van der Waals surface area contributed by atoms with Gasteiger partial charge in [-0.15, -0.1) is 0 Å². The Labute approximate surface area is 195 Å². The van der Waals surface area contributed by atoms with Crippen LogP contribution in [-0.2, 0) is 14.8 Å². The SMILES string of the molecule is COc1ccc(S(=O)(=O)N(CC(=O)N/N=C\c2cccc(C)c2)C2CCCCC2)cc1OC. The summed E-state index contributed by atoms with van der Waals surface area (Å²) in [5.41, 5.74) is 4.39. The molecule has 1 amide bonds. The molecule has 9 heteroatoms. The predicted octanol–water partition coefficient (Wildman–Crippen LogP) is 3.49. The Bertz CT molecular complexity index is 1100. The van der Waals surface area contributed by atoms with Crippen LogP contribution in [0, 0.1) is 6.92 Å². The maximum atomic E-state index is 13.6. The highest BCUT2D eigenvalue weighted by molar-refractivity contribution is 7.89. The number of nitrogens with one attached hydrogen (secondary N) is 1. The second kappa shape index (κ2) is 11.3. The Morgan fingerprint density at radius 3 is 2.48 bits per heavy atom. The number of hydrogen-bond acceptors (Lipinski definition) is 6. The van der Waals surface area contributed by atoms with Crippen LogP contribution in [0.1, 0.15) is 43.2 Å². The van der Waals surface area contributed by atoms with Crippen LogP contribution in [0.25, 0.3) is 0 Å². The highest BCUT2D eigenvalue weighted by atomic mass is 32.2. The molecule has 1 N–H and O–H groups in total. The Morgan fingerprint density at radius 2 is 1.82 bits per heavy atom. The number of ether oxygens (including phenoxy) is 2. The molecule has 1 fully saturated rings. The lowest BCUT2D eigenvalue weighted by Gasteiger charge is -2.32. The summed E-state index contributed by atoms with van der Waals surface area (Å²) in [7, 11) is -1.01. The van der Waals surface area contributed by atoms with Crippen molar-refractivity contribution in [2.24, 2.45) is 5.10 Å². The summed E-state index contributed by atoms with van der Waals surface area (Å²) in [5.74, 6) is 0.256. The third kappa shape index (κ3) is 6.33. The number of aryl methyl sites for hydroxylation is 1. The van der Waals surface area contributed by atoms with E-state index in [-0.39, 0.29) is 17.5 Å². The van der Waals surface area contributed by atoms with E-state index in [0.717, 1.165) is 30.4 Å². The first-order chi connectivity index (χ1) is 15.8. The summed E-state index contributed by atoms with van der Waals surface area (Å²) in [6.45, 7) is 1.66. The van der Waals surface area contributed by atoms with Crippen molar-refractivity contribution in [1.29, 1.82) is 0 Å². The largest absolute Gasteiger partial charge is 0.493 e. The number of hydrogen-bond donors (Lipinski definition) is 1. The molecule has 2 aromatic carbocycles. The quantitative estimate of drug-likeness (QED) is 0.444. The molecule has 0 saturated heterocycles. The van der Waals surface area contributed by atoms with Crippen LogP contribution >= 0.6 is 0 Å². The smallest absolute Gasteiger partial charge is 0.255 e. The fourth-order valence-corrected chi connectivity index (χ4v) is 5.66. The summed E-state index contributed by atoms with van der Waals surface area (Å²) in [5, 5.41) is 4.00. The Balaban J connectivity index is 1.81. The maximum Gasteiger partial charge on any atom is 0.255 e. The average Bonchev–Trinajstić information content (AvgIpc) is 2.82. The van der Waals surface area contributed by atoms with Gasteiger partial charge < -0.3 is 9.47 Å². The molecule has 33 heavy (non-hydrogen) atoms. The molecule has 1 saturated carbocycles. The molecule has 8 nitrogen and oxygen atoms in total. The summed E-state index contributed by atoms with van der Waals surface area (Å²) in [6.07, 6.45) is 5.89. The lowest BCUT2D eigenvalue weighted by molar-refractivity contribution is -0.121. The van der Waals surface area contributed by atoms with Crippen LogP contribution in [0.4, 0.5) is 0 Å². The summed E-state index contributed by atoms with van der Waals surface area (Å²) < 4.78 is 38.9. The topological polar surface area (TPSA) is 97.3 Å². The first kappa shape index (κ1) is 24.7. The molecule has 0 aliphatic heterocycles. The van der Waals surface area contributed by atoms with Gasteiger partial charge in [0.15, 0.2) is 11.5 Å². The van der Waals surface area contributed by atoms with Crippen molar-refractivity contribution in [1.82, 2.24) is 9.73 Å². The van der Waals surface area contributed by atoms with E-state index in [4.69, 9.17) is 9.47 Å². The monoisotopic (exact) mass is 473 g/mol. The summed E-state index contributed by atoms with van der Waals surface area (Å²) in [4.78, 5) is 12.7. The molecule has 2 aromatic rings. The first-order valence-corrected chi connectivity index (χ1v) is 12.4. The van der Waals surface area contributed by atoms with Crippen LogP contribution in [0.15, 0.2) is 52.5 Å². The molecule has 178 valence electrons. The van der Waals surface area contributed by atoms with E-state index in [0.29, 0.717) is 24.3 Å². The van der Waals surface area contributed by atoms with E-state index in [1.165, 1.54) is 30.7 Å². The van der Waals surface area contributed by atoms with E-state index in [9.17, 15) is 13.2 Å². The zero-order valence-corrected chi connectivity index (χ0v) is 20.1. The van der Waals surface area contributed by atoms with E-state index in [2.05, 4.69) is 10.5 Å². The normalized spacial score (nSPS) is 15.0. The van der Waals surface area contributed by atoms with Crippen LogP contribution in [0.5, 0.6) is 11.5 Å². The number of sulfonamides is 1. The van der Waals surface area contributed by atoms with Crippen LogP contribution < -0.4 is 14.9 Å². The molecule has 1 aliphatic carbocycles. The van der Waals surface area contributed by atoms with Crippen molar-refractivity contribution in [3.8, 4) is 11.5 Å². The van der Waals surface area contributed by atoms with Gasteiger partial charge in [0.2, 0.25) is 10.0 Å². The summed E-state index contributed by atoms with van der Waals surface area (Å²) in [6, 6.07) is 11.9. The zero-order valence-electron chi connectivity index (χ0n) is 19.3. The van der Waals surface area contributed by atoms with Crippen LogP contribution in [0.2, 0.25) is 0 Å². The minimum absolute atomic E-state index is 0.0572. The summed E-state index contributed by atoms with van der Waals surface area (Å²) >= 11 is 0. The van der Waals surface area contributed by atoms with E-state index >= 15 is 0 Å². The van der Waals surface area contributed by atoms with Gasteiger partial charge in [-0.05, 0) is 37.5 Å². The molecule has 1 aliphatic rings. The molecular weight excluding hydrogens is 442 g/mol. The van der Waals surface area contributed by atoms with E-state index in [1.807, 2.05) is 31.2 Å². The first-order valence-electron chi connectivity index (χ1n) is 11.0. The minimum Gasteiger partial charge on any atom is -0.493 e. The maximum absolute atomic E-state index is 13.6. The average molecular weight is 474 g/mol. The highest BCUT2D eigenvalue weighted by Crippen LogP contribution is 2.33. The van der Waals surface area contributed by atoms with Crippen LogP contribution in [0.3, 0.4) is 0 Å². The lowest BCUT2D eigenvalue weighted by Crippen LogP contribution is -2.46. The minimum atomic E-state index is -3.95. The third-order valence-corrected chi connectivity index (χ3v) is 7.58. The molecule has 0 radical (unpaired) electrons. The molecule has 0 atom stereocenters. The lowest BCUT2D eigenvalue weighted by atomic mass is 9.95. The molecule has 0 spiro atoms. The molecule has 0 heterocycles. The standard InChI is InChI=1S/C24H31N3O5S/c1-18-8-7-9-19(14-18)16-25-26-24(28)17-27(20-10-5-4-6-11-20)33(29,30)21-12-13-22(31-2)23(15-21)32-3/h7-9,12-16,20H,4-6,10-11,17H2,1-3H3,(H,26,28)/b25-16-. The number of nitrogens with zero attached hydrogens (tertiary/aromatic N) is 2. The Morgan fingerprint density at radius 1 is 1.09 bits per heavy atom. The van der Waals surface area contributed by atoms with Gasteiger partial charge in [-0.25, -0.2) is 13.8 Å². The van der Waals surface area contributed by atoms with Crippen molar-refractivity contribution in [2.45, 2.75) is 50.0 Å². The number of methoxy groups -OCH3 is 2. The number of amides is 1. The van der Waals surface area contributed by atoms with Crippen molar-refractivity contribution in [3.63, 3.8) is 0 Å². The van der Waals surface area contributed by atoms with Gasteiger partial charge in [0.25, 0.3) is 5.91 Å². The second-order valence-electron chi connectivity index (χ2n) is 8.07. The van der Waals surface area contributed by atoms with Gasteiger partial charge in [-0.2, -0.15) is 9.41 Å². The van der Waals surface area contributed by atoms with Gasteiger partial charge in [0, 0.05) is 12.1 Å². The molecule has 0 aromatic heterocycles. The van der Waals surface area contributed by atoms with Crippen molar-refractivity contribution in [2.75, 3.05) is 20.8 Å². The molecule has 0 unspecified atom stereocenters. The fraction of sp³-hybridized carbons (Fsp3) is 0.417. The van der Waals surface area contributed by atoms with E-state index < -0.39 is 15.9 Å². The molecule has 3 rings (SSSR count). The van der Waals surface area contributed by atoms with Crippen molar-refractivity contribution < 1.29 is 22.7 Å². The Kier molecular flexibility index (Phi) is 8.46. The number of benzene rings is 2.